The van der Waals surface area contributed by atoms with Crippen molar-refractivity contribution in [2.24, 2.45) is 11.8 Å². The van der Waals surface area contributed by atoms with Gasteiger partial charge in [-0.3, -0.25) is 4.79 Å². The normalized spacial score (nSPS) is 30.8. The maximum absolute atomic E-state index is 11.0. The molecule has 0 radical (unpaired) electrons. The van der Waals surface area contributed by atoms with Crippen LogP contribution in [0.15, 0.2) is 6.20 Å². The fourth-order valence-electron chi connectivity index (χ4n) is 3.25. The van der Waals surface area contributed by atoms with Gasteiger partial charge in [-0.15, -0.1) is 0 Å². The first-order valence-electron chi connectivity index (χ1n) is 5.87. The Kier molecular flexibility index (Phi) is 2.83. The maximum atomic E-state index is 11.0. The SMILES string of the molecule is O=C(Cl)c1cnc(C2CC3CCC2C3)nc1Cl. The minimum Gasteiger partial charge on any atom is -0.275 e. The third kappa shape index (κ3) is 1.95. The Morgan fingerprint density at radius 1 is 1.35 bits per heavy atom. The first-order valence-corrected chi connectivity index (χ1v) is 6.63. The van der Waals surface area contributed by atoms with Crippen molar-refractivity contribution in [3.8, 4) is 0 Å². The summed E-state index contributed by atoms with van der Waals surface area (Å²) < 4.78 is 0. The van der Waals surface area contributed by atoms with Gasteiger partial charge in [0.05, 0.1) is 5.56 Å². The number of halogens is 2. The molecule has 0 aliphatic heterocycles. The number of carbonyl (C=O) groups is 1. The molecule has 5 heteroatoms. The second kappa shape index (κ2) is 4.21. The van der Waals surface area contributed by atoms with E-state index in [1.165, 1.54) is 25.5 Å². The van der Waals surface area contributed by atoms with Crippen LogP contribution in [0.5, 0.6) is 0 Å². The lowest BCUT2D eigenvalue weighted by atomic mass is 9.88. The Bertz CT molecular complexity index is 478. The lowest BCUT2D eigenvalue weighted by molar-refractivity contribution is 0.108. The molecule has 2 saturated carbocycles. The van der Waals surface area contributed by atoms with Crippen LogP contribution in [0.25, 0.3) is 0 Å². The number of aromatic nitrogens is 2. The van der Waals surface area contributed by atoms with E-state index in [0.29, 0.717) is 11.8 Å². The van der Waals surface area contributed by atoms with Crippen LogP contribution >= 0.6 is 23.2 Å². The van der Waals surface area contributed by atoms with Crippen LogP contribution in [-0.4, -0.2) is 15.2 Å². The van der Waals surface area contributed by atoms with Crippen LogP contribution < -0.4 is 0 Å². The van der Waals surface area contributed by atoms with Crippen molar-refractivity contribution in [1.29, 1.82) is 0 Å². The highest BCUT2D eigenvalue weighted by Crippen LogP contribution is 2.52. The second-order valence-corrected chi connectivity index (χ2v) is 5.69. The van der Waals surface area contributed by atoms with E-state index in [1.807, 2.05) is 0 Å². The molecular formula is C12H12Cl2N2O. The van der Waals surface area contributed by atoms with Crippen molar-refractivity contribution in [1.82, 2.24) is 9.97 Å². The number of nitrogens with zero attached hydrogens (tertiary/aromatic N) is 2. The summed E-state index contributed by atoms with van der Waals surface area (Å²) in [7, 11) is 0. The minimum atomic E-state index is -0.602. The van der Waals surface area contributed by atoms with E-state index in [2.05, 4.69) is 9.97 Å². The summed E-state index contributed by atoms with van der Waals surface area (Å²) in [5, 5.41) is -0.424. The molecule has 1 heterocycles. The zero-order valence-electron chi connectivity index (χ0n) is 9.20. The molecule has 2 aliphatic carbocycles. The van der Waals surface area contributed by atoms with Gasteiger partial charge in [0.25, 0.3) is 5.24 Å². The standard InChI is InChI=1S/C12H12Cl2N2O/c13-10-9(11(14)17)5-15-12(16-10)8-4-6-1-2-7(8)3-6/h5-8H,1-4H2. The molecule has 17 heavy (non-hydrogen) atoms. The number of hydrogen-bond donors (Lipinski definition) is 0. The molecule has 2 bridgehead atoms. The van der Waals surface area contributed by atoms with Crippen molar-refractivity contribution in [2.45, 2.75) is 31.6 Å². The predicted octanol–water partition coefficient (Wildman–Crippen LogP) is 3.41. The Labute approximate surface area is 110 Å². The molecule has 0 N–H and O–H groups in total. The van der Waals surface area contributed by atoms with E-state index in [9.17, 15) is 4.79 Å². The zero-order valence-corrected chi connectivity index (χ0v) is 10.7. The zero-order chi connectivity index (χ0) is 12.0. The first-order chi connectivity index (χ1) is 8.15. The van der Waals surface area contributed by atoms with Gasteiger partial charge in [-0.2, -0.15) is 0 Å². The molecule has 1 aromatic rings. The van der Waals surface area contributed by atoms with Gasteiger partial charge in [0, 0.05) is 12.1 Å². The van der Waals surface area contributed by atoms with E-state index in [1.54, 1.807) is 0 Å². The van der Waals surface area contributed by atoms with Crippen LogP contribution in [0.2, 0.25) is 5.15 Å². The fourth-order valence-corrected chi connectivity index (χ4v) is 3.65. The van der Waals surface area contributed by atoms with Crippen LogP contribution in [0, 0.1) is 11.8 Å². The molecule has 3 rings (SSSR count). The Hall–Kier alpha value is -0.670. The van der Waals surface area contributed by atoms with Gasteiger partial charge >= 0.3 is 0 Å². The largest absolute Gasteiger partial charge is 0.275 e. The summed E-state index contributed by atoms with van der Waals surface area (Å²) in [6.07, 6.45) is 6.52. The highest BCUT2D eigenvalue weighted by atomic mass is 35.5. The third-order valence-electron chi connectivity index (χ3n) is 4.04. The molecule has 3 nitrogen and oxygen atoms in total. The Morgan fingerprint density at radius 2 is 2.18 bits per heavy atom. The van der Waals surface area contributed by atoms with Gasteiger partial charge in [0.15, 0.2) is 0 Å². The molecule has 1 aromatic heterocycles. The van der Waals surface area contributed by atoms with E-state index >= 15 is 0 Å². The lowest BCUT2D eigenvalue weighted by Gasteiger charge is -2.20. The maximum Gasteiger partial charge on any atom is 0.257 e. The summed E-state index contributed by atoms with van der Waals surface area (Å²) in [6.45, 7) is 0. The molecule has 0 amide bonds. The fraction of sp³-hybridized carbons (Fsp3) is 0.583. The average Bonchev–Trinajstić information content (AvgIpc) is 2.89. The van der Waals surface area contributed by atoms with Crippen LogP contribution in [0.4, 0.5) is 0 Å². The number of hydrogen-bond acceptors (Lipinski definition) is 3. The smallest absolute Gasteiger partial charge is 0.257 e. The van der Waals surface area contributed by atoms with Crippen molar-refractivity contribution in [3.05, 3.63) is 22.7 Å². The molecule has 2 aliphatic rings. The predicted molar refractivity (Wildman–Crippen MR) is 65.4 cm³/mol. The molecule has 2 fully saturated rings. The lowest BCUT2D eigenvalue weighted by Crippen LogP contribution is -2.13. The van der Waals surface area contributed by atoms with Crippen molar-refractivity contribution < 1.29 is 4.79 Å². The van der Waals surface area contributed by atoms with Crippen LogP contribution in [-0.2, 0) is 0 Å². The topological polar surface area (TPSA) is 42.9 Å². The monoisotopic (exact) mass is 270 g/mol. The van der Waals surface area contributed by atoms with Crippen molar-refractivity contribution in [3.63, 3.8) is 0 Å². The van der Waals surface area contributed by atoms with E-state index in [4.69, 9.17) is 23.2 Å². The number of rotatable bonds is 2. The second-order valence-electron chi connectivity index (χ2n) is 4.99. The van der Waals surface area contributed by atoms with Crippen LogP contribution in [0.3, 0.4) is 0 Å². The molecule has 90 valence electrons. The quantitative estimate of drug-likeness (QED) is 0.611. The molecular weight excluding hydrogens is 259 g/mol. The summed E-state index contributed by atoms with van der Waals surface area (Å²) in [6, 6.07) is 0. The summed E-state index contributed by atoms with van der Waals surface area (Å²) in [5.41, 5.74) is 0.195. The van der Waals surface area contributed by atoms with Gasteiger partial charge in [-0.25, -0.2) is 9.97 Å². The minimum absolute atomic E-state index is 0.178. The summed E-state index contributed by atoms with van der Waals surface area (Å²) >= 11 is 11.3. The molecule has 0 saturated heterocycles. The van der Waals surface area contributed by atoms with E-state index in [-0.39, 0.29) is 10.7 Å². The molecule has 0 aromatic carbocycles. The van der Waals surface area contributed by atoms with Crippen molar-refractivity contribution >= 4 is 28.4 Å². The van der Waals surface area contributed by atoms with Gasteiger partial charge < -0.3 is 0 Å². The average molecular weight is 271 g/mol. The third-order valence-corrected chi connectivity index (χ3v) is 4.53. The van der Waals surface area contributed by atoms with E-state index in [0.717, 1.165) is 18.2 Å². The highest BCUT2D eigenvalue weighted by molar-refractivity contribution is 6.68. The number of fused-ring (bicyclic) bond motifs is 2. The number of carbonyl (C=O) groups excluding carboxylic acids is 1. The van der Waals surface area contributed by atoms with Gasteiger partial charge in [-0.1, -0.05) is 18.0 Å². The molecule has 3 unspecified atom stereocenters. The van der Waals surface area contributed by atoms with Gasteiger partial charge in [0.2, 0.25) is 0 Å². The molecule has 0 spiro atoms. The highest BCUT2D eigenvalue weighted by Gasteiger charge is 2.41. The van der Waals surface area contributed by atoms with Gasteiger partial charge in [0.1, 0.15) is 11.0 Å². The Balaban J connectivity index is 1.89. The summed E-state index contributed by atoms with van der Waals surface area (Å²) in [4.78, 5) is 19.5. The summed E-state index contributed by atoms with van der Waals surface area (Å²) in [5.74, 6) is 2.74. The molecule has 3 atom stereocenters. The van der Waals surface area contributed by atoms with E-state index < -0.39 is 5.24 Å². The first kappa shape index (κ1) is 11.4. The van der Waals surface area contributed by atoms with Crippen LogP contribution in [0.1, 0.15) is 47.8 Å². The van der Waals surface area contributed by atoms with Gasteiger partial charge in [-0.05, 0) is 42.7 Å². The van der Waals surface area contributed by atoms with Crippen molar-refractivity contribution in [2.75, 3.05) is 0 Å². The Morgan fingerprint density at radius 3 is 2.71 bits per heavy atom.